The van der Waals surface area contributed by atoms with Gasteiger partial charge in [-0.05, 0) is 70.0 Å². The van der Waals surface area contributed by atoms with E-state index >= 15 is 0 Å². The van der Waals surface area contributed by atoms with E-state index in [9.17, 15) is 0 Å². The molecule has 0 saturated heterocycles. The Hall–Kier alpha value is -3.25. The van der Waals surface area contributed by atoms with E-state index in [1.807, 2.05) is 0 Å². The average Bonchev–Trinajstić information content (AvgIpc) is 2.94. The SMILES string of the molecule is C[Si]1(C)O[Si](C)(C)C(c2ccccc2)=C(c2ccccc2)C(c2ccccc2)=C1c1ccccc1. The summed E-state index contributed by atoms with van der Waals surface area (Å²) in [7, 11) is -4.68. The molecule has 0 bridgehead atoms. The lowest BCUT2D eigenvalue weighted by atomic mass is 9.88. The second kappa shape index (κ2) is 9.42. The van der Waals surface area contributed by atoms with Gasteiger partial charge in [0.1, 0.15) is 0 Å². The minimum Gasteiger partial charge on any atom is -0.449 e. The van der Waals surface area contributed by atoms with Crippen molar-refractivity contribution in [2.45, 2.75) is 26.2 Å². The third-order valence-corrected chi connectivity index (χ3v) is 14.3. The minimum absolute atomic E-state index is 1.24. The molecule has 4 aromatic carbocycles. The van der Waals surface area contributed by atoms with Crippen molar-refractivity contribution in [3.63, 3.8) is 0 Å². The van der Waals surface area contributed by atoms with Gasteiger partial charge in [0.25, 0.3) is 0 Å². The number of benzene rings is 4. The van der Waals surface area contributed by atoms with Crippen molar-refractivity contribution in [1.82, 2.24) is 0 Å². The molecule has 174 valence electrons. The molecule has 35 heavy (non-hydrogen) atoms. The summed E-state index contributed by atoms with van der Waals surface area (Å²) >= 11 is 0. The highest BCUT2D eigenvalue weighted by molar-refractivity contribution is 7.04. The molecule has 0 fully saturated rings. The fourth-order valence-electron chi connectivity index (χ4n) is 5.57. The van der Waals surface area contributed by atoms with Crippen LogP contribution in [0.3, 0.4) is 0 Å². The molecule has 1 heterocycles. The van der Waals surface area contributed by atoms with Gasteiger partial charge in [0.2, 0.25) is 16.6 Å². The number of hydrogen-bond donors (Lipinski definition) is 0. The summed E-state index contributed by atoms with van der Waals surface area (Å²) in [5, 5.41) is 2.74. The Bertz CT molecular complexity index is 1260. The van der Waals surface area contributed by atoms with Crippen LogP contribution in [0, 0.1) is 0 Å². The van der Waals surface area contributed by atoms with Gasteiger partial charge in [-0.3, -0.25) is 0 Å². The third-order valence-electron chi connectivity index (χ3n) is 6.71. The summed E-state index contributed by atoms with van der Waals surface area (Å²) in [5.74, 6) is 0. The quantitative estimate of drug-likeness (QED) is 0.261. The zero-order chi connectivity index (χ0) is 24.5. The van der Waals surface area contributed by atoms with Gasteiger partial charge < -0.3 is 4.12 Å². The molecule has 0 atom stereocenters. The van der Waals surface area contributed by atoms with Crippen molar-refractivity contribution in [2.24, 2.45) is 0 Å². The number of allylic oxidation sites excluding steroid dienone is 2. The fraction of sp³-hybridized carbons (Fsp3) is 0.125. The molecular weight excluding hydrogens is 457 g/mol. The van der Waals surface area contributed by atoms with Crippen LogP contribution in [0.4, 0.5) is 0 Å². The summed E-state index contributed by atoms with van der Waals surface area (Å²) in [6, 6.07) is 43.6. The molecule has 0 N–H and O–H groups in total. The van der Waals surface area contributed by atoms with E-state index in [1.54, 1.807) is 0 Å². The molecule has 0 aliphatic carbocycles. The largest absolute Gasteiger partial charge is 0.449 e. The third kappa shape index (κ3) is 4.55. The standard InChI is InChI=1S/C32H32OSi2/c1-34(2)31(27-21-13-7-14-22-27)29(25-17-9-5-10-18-25)30(26-19-11-6-12-20-26)32(35(3,4)33-34)28-23-15-8-16-24-28/h5-24H,1-4H3. The van der Waals surface area contributed by atoms with Crippen LogP contribution in [-0.2, 0) is 4.12 Å². The maximum absolute atomic E-state index is 7.39. The normalized spacial score (nSPS) is 17.3. The van der Waals surface area contributed by atoms with E-state index < -0.39 is 16.6 Å². The second-order valence-corrected chi connectivity index (χ2v) is 17.9. The first-order valence-corrected chi connectivity index (χ1v) is 18.1. The van der Waals surface area contributed by atoms with Gasteiger partial charge in [-0.15, -0.1) is 0 Å². The van der Waals surface area contributed by atoms with E-state index in [0.29, 0.717) is 0 Å². The summed E-state index contributed by atoms with van der Waals surface area (Å²) < 4.78 is 7.39. The van der Waals surface area contributed by atoms with Crippen LogP contribution in [0.25, 0.3) is 21.5 Å². The number of rotatable bonds is 4. The highest BCUT2D eigenvalue weighted by Crippen LogP contribution is 2.51. The van der Waals surface area contributed by atoms with Gasteiger partial charge in [-0.2, -0.15) is 0 Å². The number of hydrogen-bond acceptors (Lipinski definition) is 1. The predicted octanol–water partition coefficient (Wildman–Crippen LogP) is 8.73. The minimum atomic E-state index is -2.34. The van der Waals surface area contributed by atoms with Gasteiger partial charge in [-0.25, -0.2) is 0 Å². The molecule has 0 amide bonds. The van der Waals surface area contributed by atoms with Crippen molar-refractivity contribution in [3.8, 4) is 0 Å². The molecular formula is C32H32OSi2. The first kappa shape index (κ1) is 23.5. The lowest BCUT2D eigenvalue weighted by molar-refractivity contribution is 0.576. The Morgan fingerprint density at radius 1 is 0.371 bits per heavy atom. The Kier molecular flexibility index (Phi) is 6.32. The summed E-state index contributed by atoms with van der Waals surface area (Å²) in [6.07, 6.45) is 0. The smallest absolute Gasteiger partial charge is 0.207 e. The van der Waals surface area contributed by atoms with Crippen LogP contribution in [-0.4, -0.2) is 16.6 Å². The molecule has 0 radical (unpaired) electrons. The lowest BCUT2D eigenvalue weighted by Gasteiger charge is -2.35. The first-order valence-electron chi connectivity index (χ1n) is 12.3. The highest BCUT2D eigenvalue weighted by atomic mass is 28.4. The topological polar surface area (TPSA) is 9.23 Å². The monoisotopic (exact) mass is 488 g/mol. The van der Waals surface area contributed by atoms with E-state index in [-0.39, 0.29) is 0 Å². The van der Waals surface area contributed by atoms with Crippen molar-refractivity contribution < 1.29 is 4.12 Å². The molecule has 0 saturated carbocycles. The van der Waals surface area contributed by atoms with Gasteiger partial charge in [0, 0.05) is 0 Å². The summed E-state index contributed by atoms with van der Waals surface area (Å²) in [6.45, 7) is 9.51. The predicted molar refractivity (Wildman–Crippen MR) is 155 cm³/mol. The lowest BCUT2D eigenvalue weighted by Crippen LogP contribution is -2.45. The highest BCUT2D eigenvalue weighted by Gasteiger charge is 2.45. The molecule has 0 unspecified atom stereocenters. The zero-order valence-corrected chi connectivity index (χ0v) is 23.0. The van der Waals surface area contributed by atoms with Gasteiger partial charge in [0.15, 0.2) is 0 Å². The molecule has 1 aliphatic rings. The first-order chi connectivity index (χ1) is 16.9. The van der Waals surface area contributed by atoms with Crippen molar-refractivity contribution in [2.75, 3.05) is 0 Å². The van der Waals surface area contributed by atoms with E-state index in [1.165, 1.54) is 43.8 Å². The summed E-state index contributed by atoms with van der Waals surface area (Å²) in [4.78, 5) is 0. The second-order valence-electron chi connectivity index (χ2n) is 10.1. The fourth-order valence-corrected chi connectivity index (χ4v) is 15.0. The van der Waals surface area contributed by atoms with Crippen molar-refractivity contribution in [1.29, 1.82) is 0 Å². The van der Waals surface area contributed by atoms with Gasteiger partial charge >= 0.3 is 0 Å². The van der Waals surface area contributed by atoms with Crippen LogP contribution >= 0.6 is 0 Å². The van der Waals surface area contributed by atoms with E-state index in [0.717, 1.165) is 0 Å². The van der Waals surface area contributed by atoms with Crippen LogP contribution in [0.2, 0.25) is 26.2 Å². The van der Waals surface area contributed by atoms with Gasteiger partial charge in [-0.1, -0.05) is 121 Å². The van der Waals surface area contributed by atoms with Crippen LogP contribution in [0.15, 0.2) is 121 Å². The maximum Gasteiger partial charge on any atom is 0.207 e. The van der Waals surface area contributed by atoms with E-state index in [4.69, 9.17) is 4.12 Å². The summed E-state index contributed by atoms with van der Waals surface area (Å²) in [5.41, 5.74) is 7.64. The molecule has 1 aliphatic heterocycles. The maximum atomic E-state index is 7.39. The Morgan fingerprint density at radius 2 is 0.629 bits per heavy atom. The Morgan fingerprint density at radius 3 is 0.914 bits per heavy atom. The molecule has 1 nitrogen and oxygen atoms in total. The Balaban J connectivity index is 2.02. The van der Waals surface area contributed by atoms with Crippen LogP contribution in [0.1, 0.15) is 22.3 Å². The molecule has 5 rings (SSSR count). The van der Waals surface area contributed by atoms with Crippen LogP contribution in [0.5, 0.6) is 0 Å². The molecule has 0 aromatic heterocycles. The molecule has 3 heteroatoms. The van der Waals surface area contributed by atoms with Gasteiger partial charge in [0.05, 0.1) is 0 Å². The molecule has 0 spiro atoms. The van der Waals surface area contributed by atoms with E-state index in [2.05, 4.69) is 148 Å². The van der Waals surface area contributed by atoms with Crippen LogP contribution < -0.4 is 0 Å². The zero-order valence-electron chi connectivity index (χ0n) is 21.0. The average molecular weight is 489 g/mol. The Labute approximate surface area is 211 Å². The van der Waals surface area contributed by atoms with Crippen molar-refractivity contribution >= 4 is 38.2 Å². The molecule has 4 aromatic rings. The van der Waals surface area contributed by atoms with Crippen molar-refractivity contribution in [3.05, 3.63) is 144 Å².